The SMILES string of the molecule is CCOc1ccc(-c2nc(-c3cccc(C)n3)nc3ccccc23)cc1. The maximum atomic E-state index is 5.55. The third-order valence-electron chi connectivity index (χ3n) is 4.16. The predicted molar refractivity (Wildman–Crippen MR) is 104 cm³/mol. The van der Waals surface area contributed by atoms with Gasteiger partial charge in [0.1, 0.15) is 11.4 Å². The molecule has 2 heterocycles. The number of hydrogen-bond donors (Lipinski definition) is 0. The van der Waals surface area contributed by atoms with E-state index in [9.17, 15) is 0 Å². The molecule has 0 aliphatic rings. The minimum Gasteiger partial charge on any atom is -0.494 e. The third-order valence-corrected chi connectivity index (χ3v) is 4.16. The van der Waals surface area contributed by atoms with Gasteiger partial charge >= 0.3 is 0 Å². The van der Waals surface area contributed by atoms with Crippen LogP contribution in [0.5, 0.6) is 5.75 Å². The molecule has 4 nitrogen and oxygen atoms in total. The van der Waals surface area contributed by atoms with E-state index in [-0.39, 0.29) is 0 Å². The molecule has 4 rings (SSSR count). The molecule has 0 bridgehead atoms. The monoisotopic (exact) mass is 341 g/mol. The highest BCUT2D eigenvalue weighted by atomic mass is 16.5. The van der Waals surface area contributed by atoms with Gasteiger partial charge in [0.2, 0.25) is 0 Å². The van der Waals surface area contributed by atoms with Crippen molar-refractivity contribution >= 4 is 10.9 Å². The van der Waals surface area contributed by atoms with Gasteiger partial charge in [-0.2, -0.15) is 0 Å². The van der Waals surface area contributed by atoms with E-state index in [1.807, 2.05) is 74.5 Å². The second-order valence-electron chi connectivity index (χ2n) is 6.03. The number of ether oxygens (including phenoxy) is 1. The molecule has 0 radical (unpaired) electrons. The fraction of sp³-hybridized carbons (Fsp3) is 0.136. The summed E-state index contributed by atoms with van der Waals surface area (Å²) in [6.07, 6.45) is 0. The number of hydrogen-bond acceptors (Lipinski definition) is 4. The van der Waals surface area contributed by atoms with E-state index in [0.29, 0.717) is 12.4 Å². The minimum absolute atomic E-state index is 0.635. The topological polar surface area (TPSA) is 47.9 Å². The number of rotatable bonds is 4. The maximum Gasteiger partial charge on any atom is 0.179 e. The molecule has 0 aliphatic heterocycles. The van der Waals surface area contributed by atoms with E-state index in [2.05, 4.69) is 11.1 Å². The molecule has 4 aromatic rings. The van der Waals surface area contributed by atoms with Gasteiger partial charge in [0.15, 0.2) is 5.82 Å². The van der Waals surface area contributed by atoms with Crippen LogP contribution >= 0.6 is 0 Å². The summed E-state index contributed by atoms with van der Waals surface area (Å²) >= 11 is 0. The molecule has 2 aromatic heterocycles. The van der Waals surface area contributed by atoms with Crippen LogP contribution in [0.1, 0.15) is 12.6 Å². The first kappa shape index (κ1) is 16.2. The fourth-order valence-corrected chi connectivity index (χ4v) is 2.95. The average Bonchev–Trinajstić information content (AvgIpc) is 2.68. The number of aryl methyl sites for hydroxylation is 1. The smallest absolute Gasteiger partial charge is 0.179 e. The molecular weight excluding hydrogens is 322 g/mol. The van der Waals surface area contributed by atoms with Crippen molar-refractivity contribution in [3.8, 4) is 28.5 Å². The molecule has 2 aromatic carbocycles. The van der Waals surface area contributed by atoms with Crippen LogP contribution in [0.3, 0.4) is 0 Å². The minimum atomic E-state index is 0.635. The van der Waals surface area contributed by atoms with Crippen LogP contribution in [0.15, 0.2) is 66.7 Å². The Morgan fingerprint density at radius 1 is 0.808 bits per heavy atom. The Hall–Kier alpha value is -3.27. The zero-order chi connectivity index (χ0) is 17.9. The van der Waals surface area contributed by atoms with Crippen molar-refractivity contribution in [3.63, 3.8) is 0 Å². The molecular formula is C22H19N3O. The van der Waals surface area contributed by atoms with Crippen LogP contribution < -0.4 is 4.74 Å². The first-order valence-electron chi connectivity index (χ1n) is 8.68. The highest BCUT2D eigenvalue weighted by Gasteiger charge is 2.12. The predicted octanol–water partition coefficient (Wildman–Crippen LogP) is 5.07. The summed E-state index contributed by atoms with van der Waals surface area (Å²) in [5, 5.41) is 1.02. The lowest BCUT2D eigenvalue weighted by Gasteiger charge is -2.10. The van der Waals surface area contributed by atoms with E-state index in [0.717, 1.165) is 39.3 Å². The zero-order valence-corrected chi connectivity index (χ0v) is 14.8. The van der Waals surface area contributed by atoms with Gasteiger partial charge in [0.25, 0.3) is 0 Å². The Balaban J connectivity index is 1.90. The summed E-state index contributed by atoms with van der Waals surface area (Å²) in [6.45, 7) is 4.60. The van der Waals surface area contributed by atoms with Crippen molar-refractivity contribution in [1.82, 2.24) is 15.0 Å². The van der Waals surface area contributed by atoms with E-state index in [4.69, 9.17) is 14.7 Å². The highest BCUT2D eigenvalue weighted by molar-refractivity contribution is 5.93. The molecule has 26 heavy (non-hydrogen) atoms. The van der Waals surface area contributed by atoms with Crippen LogP contribution in [-0.4, -0.2) is 21.6 Å². The molecule has 0 saturated carbocycles. The van der Waals surface area contributed by atoms with Crippen molar-refractivity contribution in [2.75, 3.05) is 6.61 Å². The second kappa shape index (κ2) is 6.92. The zero-order valence-electron chi connectivity index (χ0n) is 14.8. The van der Waals surface area contributed by atoms with Crippen molar-refractivity contribution in [1.29, 1.82) is 0 Å². The van der Waals surface area contributed by atoms with Gasteiger partial charge < -0.3 is 4.74 Å². The molecule has 128 valence electrons. The molecule has 0 fully saturated rings. The quantitative estimate of drug-likeness (QED) is 0.520. The normalized spacial score (nSPS) is 10.8. The van der Waals surface area contributed by atoms with Gasteiger partial charge in [0, 0.05) is 16.6 Å². The largest absolute Gasteiger partial charge is 0.494 e. The van der Waals surface area contributed by atoms with Crippen molar-refractivity contribution < 1.29 is 4.74 Å². The summed E-state index contributed by atoms with van der Waals surface area (Å²) < 4.78 is 5.55. The highest BCUT2D eigenvalue weighted by Crippen LogP contribution is 2.29. The molecule has 0 spiro atoms. The number of nitrogens with zero attached hydrogens (tertiary/aromatic N) is 3. The fourth-order valence-electron chi connectivity index (χ4n) is 2.95. The molecule has 0 saturated heterocycles. The van der Waals surface area contributed by atoms with Crippen LogP contribution in [0, 0.1) is 6.92 Å². The second-order valence-corrected chi connectivity index (χ2v) is 6.03. The summed E-state index contributed by atoms with van der Waals surface area (Å²) in [5.41, 5.74) is 4.56. The van der Waals surface area contributed by atoms with Crippen LogP contribution in [0.2, 0.25) is 0 Å². The van der Waals surface area contributed by atoms with Crippen molar-refractivity contribution in [2.45, 2.75) is 13.8 Å². The Bertz CT molecular complexity index is 1060. The number of fused-ring (bicyclic) bond motifs is 1. The molecule has 0 atom stereocenters. The van der Waals surface area contributed by atoms with Crippen LogP contribution in [0.25, 0.3) is 33.7 Å². The van der Waals surface area contributed by atoms with Gasteiger partial charge in [-0.3, -0.25) is 0 Å². The number of para-hydroxylation sites is 1. The average molecular weight is 341 g/mol. The summed E-state index contributed by atoms with van der Waals surface area (Å²) in [4.78, 5) is 14.1. The van der Waals surface area contributed by atoms with E-state index in [1.54, 1.807) is 0 Å². The summed E-state index contributed by atoms with van der Waals surface area (Å²) in [6, 6.07) is 22.0. The van der Waals surface area contributed by atoms with Gasteiger partial charge in [0.05, 0.1) is 17.8 Å². The molecule has 0 amide bonds. The Morgan fingerprint density at radius 3 is 2.38 bits per heavy atom. The molecule has 4 heteroatoms. The number of aromatic nitrogens is 3. The lowest BCUT2D eigenvalue weighted by Crippen LogP contribution is -1.97. The van der Waals surface area contributed by atoms with Crippen LogP contribution in [0.4, 0.5) is 0 Å². The van der Waals surface area contributed by atoms with E-state index < -0.39 is 0 Å². The maximum absolute atomic E-state index is 5.55. The lowest BCUT2D eigenvalue weighted by molar-refractivity contribution is 0.340. The first-order valence-corrected chi connectivity index (χ1v) is 8.68. The molecule has 0 N–H and O–H groups in total. The van der Waals surface area contributed by atoms with Crippen molar-refractivity contribution in [3.05, 3.63) is 72.4 Å². The Morgan fingerprint density at radius 2 is 1.62 bits per heavy atom. The lowest BCUT2D eigenvalue weighted by atomic mass is 10.1. The van der Waals surface area contributed by atoms with E-state index >= 15 is 0 Å². The van der Waals surface area contributed by atoms with E-state index in [1.165, 1.54) is 0 Å². The number of benzene rings is 2. The van der Waals surface area contributed by atoms with Gasteiger partial charge in [-0.25, -0.2) is 15.0 Å². The van der Waals surface area contributed by atoms with Gasteiger partial charge in [-0.15, -0.1) is 0 Å². The standard InChI is InChI=1S/C22H19N3O/c1-3-26-17-13-11-16(12-14-17)21-18-8-4-5-9-19(18)24-22(25-21)20-10-6-7-15(2)23-20/h4-14H,3H2,1-2H3. The van der Waals surface area contributed by atoms with Crippen LogP contribution in [-0.2, 0) is 0 Å². The van der Waals surface area contributed by atoms with Gasteiger partial charge in [-0.1, -0.05) is 24.3 Å². The van der Waals surface area contributed by atoms with Gasteiger partial charge in [-0.05, 0) is 56.3 Å². The summed E-state index contributed by atoms with van der Waals surface area (Å²) in [5.74, 6) is 1.49. The Labute approximate surface area is 152 Å². The molecule has 0 unspecified atom stereocenters. The van der Waals surface area contributed by atoms with Crippen molar-refractivity contribution in [2.24, 2.45) is 0 Å². The third kappa shape index (κ3) is 3.14. The number of pyridine rings is 1. The Kier molecular flexibility index (Phi) is 4.32. The first-order chi connectivity index (χ1) is 12.7. The molecule has 0 aliphatic carbocycles. The summed E-state index contributed by atoms with van der Waals surface area (Å²) in [7, 11) is 0.